The number of carbonyl (C=O) groups excluding carboxylic acids is 1. The van der Waals surface area contributed by atoms with Crippen molar-refractivity contribution in [2.75, 3.05) is 26.7 Å². The number of allylic oxidation sites excluding steroid dienone is 2. The molecule has 1 saturated heterocycles. The quantitative estimate of drug-likeness (QED) is 0.748. The van der Waals surface area contributed by atoms with Gasteiger partial charge < -0.3 is 15.7 Å². The number of carboxylic acid groups (broad SMARTS) is 1. The molecule has 0 aromatic heterocycles. The Bertz CT molecular complexity index is 421. The number of nitrogens with zero attached hydrogens (tertiary/aromatic N) is 2. The summed E-state index contributed by atoms with van der Waals surface area (Å²) in [5.74, 6) is -0.989. The van der Waals surface area contributed by atoms with Gasteiger partial charge in [0.15, 0.2) is 0 Å². The van der Waals surface area contributed by atoms with Gasteiger partial charge in [0.1, 0.15) is 5.54 Å². The highest BCUT2D eigenvalue weighted by atomic mass is 16.4. The molecule has 19 heavy (non-hydrogen) atoms. The number of aliphatic carboxylic acids is 1. The second kappa shape index (κ2) is 5.30. The van der Waals surface area contributed by atoms with Crippen molar-refractivity contribution in [3.8, 4) is 0 Å². The molecular formula is C13H21N3O3. The van der Waals surface area contributed by atoms with Gasteiger partial charge in [0.2, 0.25) is 5.91 Å². The van der Waals surface area contributed by atoms with E-state index in [2.05, 4.69) is 6.08 Å². The fraction of sp³-hybridized carbons (Fsp3) is 0.692. The number of hydrogen-bond donors (Lipinski definition) is 2. The monoisotopic (exact) mass is 267 g/mol. The Hall–Kier alpha value is -1.40. The molecule has 0 aromatic carbocycles. The van der Waals surface area contributed by atoms with E-state index in [1.54, 1.807) is 11.9 Å². The van der Waals surface area contributed by atoms with Crippen LogP contribution in [0.25, 0.3) is 0 Å². The van der Waals surface area contributed by atoms with Crippen LogP contribution in [0.1, 0.15) is 25.7 Å². The molecule has 1 unspecified atom stereocenters. The minimum Gasteiger partial charge on any atom is -0.480 e. The van der Waals surface area contributed by atoms with E-state index in [0.29, 0.717) is 13.0 Å². The lowest BCUT2D eigenvalue weighted by Crippen LogP contribution is -2.50. The largest absolute Gasteiger partial charge is 0.480 e. The number of nitrogens with two attached hydrogens (primary N) is 1. The molecule has 1 atom stereocenters. The molecule has 0 bridgehead atoms. The molecule has 3 N–H and O–H groups in total. The standard InChI is InChI=1S/C13H21N3O3/c1-15(10-4-2-3-5-10)11(17)8-16-7-6-13(14,9-16)12(18)19/h4H,2-3,5-9,14H2,1H3,(H,18,19). The van der Waals surface area contributed by atoms with Crippen molar-refractivity contribution in [3.63, 3.8) is 0 Å². The summed E-state index contributed by atoms with van der Waals surface area (Å²) >= 11 is 0. The van der Waals surface area contributed by atoms with E-state index in [4.69, 9.17) is 10.8 Å². The lowest BCUT2D eigenvalue weighted by Gasteiger charge is -2.23. The molecule has 1 amide bonds. The third kappa shape index (κ3) is 2.96. The normalized spacial score (nSPS) is 27.4. The summed E-state index contributed by atoms with van der Waals surface area (Å²) in [6, 6.07) is 0. The molecule has 1 fully saturated rings. The van der Waals surface area contributed by atoms with Crippen LogP contribution in [0, 0.1) is 0 Å². The summed E-state index contributed by atoms with van der Waals surface area (Å²) in [6.45, 7) is 1.03. The first-order valence-electron chi connectivity index (χ1n) is 6.62. The molecule has 1 aliphatic heterocycles. The van der Waals surface area contributed by atoms with Crippen LogP contribution >= 0.6 is 0 Å². The molecule has 0 spiro atoms. The number of likely N-dealkylation sites (N-methyl/N-ethyl adjacent to an activating group) is 1. The van der Waals surface area contributed by atoms with Crippen LogP contribution in [0.5, 0.6) is 0 Å². The Morgan fingerprint density at radius 1 is 1.58 bits per heavy atom. The third-order valence-corrected chi connectivity index (χ3v) is 3.99. The molecule has 0 saturated carbocycles. The first-order valence-corrected chi connectivity index (χ1v) is 6.62. The van der Waals surface area contributed by atoms with Crippen LogP contribution in [-0.2, 0) is 9.59 Å². The van der Waals surface area contributed by atoms with E-state index in [1.165, 1.54) is 0 Å². The van der Waals surface area contributed by atoms with Crippen molar-refractivity contribution in [2.45, 2.75) is 31.2 Å². The van der Waals surface area contributed by atoms with Gasteiger partial charge in [-0.3, -0.25) is 14.5 Å². The Balaban J connectivity index is 1.88. The first kappa shape index (κ1) is 14.0. The molecular weight excluding hydrogens is 246 g/mol. The van der Waals surface area contributed by atoms with Gasteiger partial charge in [-0.15, -0.1) is 0 Å². The highest BCUT2D eigenvalue weighted by Crippen LogP contribution is 2.22. The Labute approximate surface area is 112 Å². The van der Waals surface area contributed by atoms with E-state index >= 15 is 0 Å². The van der Waals surface area contributed by atoms with Gasteiger partial charge in [0, 0.05) is 25.8 Å². The van der Waals surface area contributed by atoms with E-state index in [1.807, 2.05) is 4.90 Å². The van der Waals surface area contributed by atoms with Crippen molar-refractivity contribution in [3.05, 3.63) is 11.8 Å². The average molecular weight is 267 g/mol. The summed E-state index contributed by atoms with van der Waals surface area (Å²) in [4.78, 5) is 26.7. The predicted octanol–water partition coefficient (Wildman–Crippen LogP) is 0.000400. The number of hydrogen-bond acceptors (Lipinski definition) is 4. The van der Waals surface area contributed by atoms with Gasteiger partial charge >= 0.3 is 5.97 Å². The molecule has 2 rings (SSSR count). The van der Waals surface area contributed by atoms with Gasteiger partial charge in [-0.1, -0.05) is 6.08 Å². The van der Waals surface area contributed by atoms with Gasteiger partial charge in [-0.25, -0.2) is 0 Å². The van der Waals surface area contributed by atoms with Gasteiger partial charge in [0.25, 0.3) is 0 Å². The lowest BCUT2D eigenvalue weighted by molar-refractivity contribution is -0.143. The fourth-order valence-corrected chi connectivity index (χ4v) is 2.64. The van der Waals surface area contributed by atoms with E-state index in [0.717, 1.165) is 25.0 Å². The van der Waals surface area contributed by atoms with Gasteiger partial charge in [0.05, 0.1) is 6.54 Å². The second-order valence-corrected chi connectivity index (χ2v) is 5.46. The van der Waals surface area contributed by atoms with Crippen LogP contribution in [-0.4, -0.2) is 59.0 Å². The van der Waals surface area contributed by atoms with Crippen LogP contribution < -0.4 is 5.73 Å². The van der Waals surface area contributed by atoms with Crippen molar-refractivity contribution in [1.82, 2.24) is 9.80 Å². The van der Waals surface area contributed by atoms with Crippen molar-refractivity contribution in [2.24, 2.45) is 5.73 Å². The number of amides is 1. The summed E-state index contributed by atoms with van der Waals surface area (Å²) < 4.78 is 0. The Morgan fingerprint density at radius 3 is 2.84 bits per heavy atom. The maximum Gasteiger partial charge on any atom is 0.325 e. The molecule has 106 valence electrons. The zero-order chi connectivity index (χ0) is 14.0. The van der Waals surface area contributed by atoms with Crippen LogP contribution in [0.15, 0.2) is 11.8 Å². The van der Waals surface area contributed by atoms with Crippen molar-refractivity contribution < 1.29 is 14.7 Å². The molecule has 0 aromatic rings. The first-order chi connectivity index (χ1) is 8.92. The van der Waals surface area contributed by atoms with E-state index in [-0.39, 0.29) is 19.0 Å². The SMILES string of the molecule is CN(C(=O)CN1CCC(N)(C(=O)O)C1)C1=CCCC1. The highest BCUT2D eigenvalue weighted by Gasteiger charge is 2.41. The fourth-order valence-electron chi connectivity index (χ4n) is 2.64. The van der Waals surface area contributed by atoms with Crippen molar-refractivity contribution >= 4 is 11.9 Å². The lowest BCUT2D eigenvalue weighted by atomic mass is 10.0. The van der Waals surface area contributed by atoms with Crippen LogP contribution in [0.2, 0.25) is 0 Å². The molecule has 0 radical (unpaired) electrons. The summed E-state index contributed by atoms with van der Waals surface area (Å²) in [6.07, 6.45) is 5.55. The zero-order valence-corrected chi connectivity index (χ0v) is 11.3. The summed E-state index contributed by atoms with van der Waals surface area (Å²) in [7, 11) is 1.78. The van der Waals surface area contributed by atoms with E-state index in [9.17, 15) is 9.59 Å². The minimum absolute atomic E-state index is 0.00258. The number of carboxylic acids is 1. The smallest absolute Gasteiger partial charge is 0.325 e. The Kier molecular flexibility index (Phi) is 3.91. The van der Waals surface area contributed by atoms with Crippen molar-refractivity contribution in [1.29, 1.82) is 0 Å². The molecule has 6 heteroatoms. The topological polar surface area (TPSA) is 86.9 Å². The molecule has 1 heterocycles. The minimum atomic E-state index is -1.20. The number of rotatable bonds is 4. The second-order valence-electron chi connectivity index (χ2n) is 5.46. The van der Waals surface area contributed by atoms with Gasteiger partial charge in [-0.05, 0) is 25.7 Å². The van der Waals surface area contributed by atoms with E-state index < -0.39 is 11.5 Å². The molecule has 2 aliphatic rings. The molecule has 6 nitrogen and oxygen atoms in total. The maximum atomic E-state index is 12.1. The maximum absolute atomic E-state index is 12.1. The number of carbonyl (C=O) groups is 2. The summed E-state index contributed by atoms with van der Waals surface area (Å²) in [5.41, 5.74) is 5.66. The zero-order valence-electron chi connectivity index (χ0n) is 11.3. The molecule has 1 aliphatic carbocycles. The summed E-state index contributed by atoms with van der Waals surface area (Å²) in [5, 5.41) is 9.05. The highest BCUT2D eigenvalue weighted by molar-refractivity contribution is 5.81. The average Bonchev–Trinajstić information content (AvgIpc) is 2.98. The number of likely N-dealkylation sites (tertiary alicyclic amines) is 1. The van der Waals surface area contributed by atoms with Gasteiger partial charge in [-0.2, -0.15) is 0 Å². The van der Waals surface area contributed by atoms with Crippen LogP contribution in [0.4, 0.5) is 0 Å². The Morgan fingerprint density at radius 2 is 2.32 bits per heavy atom. The predicted molar refractivity (Wildman–Crippen MR) is 70.3 cm³/mol. The third-order valence-electron chi connectivity index (χ3n) is 3.99. The van der Waals surface area contributed by atoms with Crippen LogP contribution in [0.3, 0.4) is 0 Å².